The number of carbonyl (C=O) groups excluding carboxylic acids is 2. The molecule has 0 unspecified atom stereocenters. The normalized spacial score (nSPS) is 18.6. The van der Waals surface area contributed by atoms with Gasteiger partial charge in [-0.2, -0.15) is 4.31 Å². The number of piperidine rings is 1. The second-order valence-electron chi connectivity index (χ2n) is 8.64. The monoisotopic (exact) mass is 611 g/mol. The molecule has 0 radical (unpaired) electrons. The third kappa shape index (κ3) is 4.82. The van der Waals surface area contributed by atoms with Crippen LogP contribution in [0.4, 0.5) is 11.4 Å². The Morgan fingerprint density at radius 1 is 1.09 bits per heavy atom. The number of benzene rings is 2. The molecule has 0 aromatic heterocycles. The van der Waals surface area contributed by atoms with Crippen LogP contribution in [0.5, 0.6) is 0 Å². The quantitative estimate of drug-likeness (QED) is 0.495. The number of nitrogens with zero attached hydrogens (tertiary/aromatic N) is 3. The first-order chi connectivity index (χ1) is 16.1. The molecule has 34 heavy (non-hydrogen) atoms. The first-order valence-corrected chi connectivity index (χ1v) is 14.3. The van der Waals surface area contributed by atoms with Crippen molar-refractivity contribution in [2.24, 2.45) is 5.92 Å². The summed E-state index contributed by atoms with van der Waals surface area (Å²) in [6.45, 7) is 2.71. The fourth-order valence-electron chi connectivity index (χ4n) is 4.67. The van der Waals surface area contributed by atoms with Gasteiger partial charge < -0.3 is 9.80 Å². The molecule has 1 saturated heterocycles. The van der Waals surface area contributed by atoms with Crippen molar-refractivity contribution in [1.82, 2.24) is 4.31 Å². The minimum Gasteiger partial charge on any atom is -0.315 e. The number of rotatable bonds is 5. The van der Waals surface area contributed by atoms with Gasteiger partial charge in [0.2, 0.25) is 21.8 Å². The second kappa shape index (κ2) is 10.1. The van der Waals surface area contributed by atoms with E-state index in [2.05, 4.69) is 31.9 Å². The molecule has 0 bridgehead atoms. The minimum absolute atomic E-state index is 0.0969. The van der Waals surface area contributed by atoms with Gasteiger partial charge in [0, 0.05) is 47.7 Å². The van der Waals surface area contributed by atoms with E-state index in [1.165, 1.54) is 4.31 Å². The number of sulfonamides is 1. The number of hydrogen-bond donors (Lipinski definition) is 0. The molecule has 2 aromatic carbocycles. The van der Waals surface area contributed by atoms with E-state index < -0.39 is 15.9 Å². The standard InChI is InChI=1S/C24H27Br2N3O4S/c1-3-22(30)29-12-10-16-13-19(26)14-21(23(16)29)34(32,33)28-11-4-5-17(15-28)24(31)27(2)20-8-6-18(25)7-9-20/h6-9,13-14,17H,3-5,10-12,15H2,1-2H3/t17-/m0/s1. The van der Waals surface area contributed by atoms with Crippen LogP contribution in [0, 0.1) is 5.92 Å². The van der Waals surface area contributed by atoms with E-state index in [4.69, 9.17) is 0 Å². The van der Waals surface area contributed by atoms with Crippen LogP contribution in [-0.2, 0) is 26.0 Å². The molecule has 10 heteroatoms. The summed E-state index contributed by atoms with van der Waals surface area (Å²) in [5.41, 5.74) is 2.08. The van der Waals surface area contributed by atoms with Gasteiger partial charge in [0.05, 0.1) is 11.6 Å². The highest BCUT2D eigenvalue weighted by atomic mass is 79.9. The Morgan fingerprint density at radius 3 is 2.47 bits per heavy atom. The zero-order valence-electron chi connectivity index (χ0n) is 19.1. The van der Waals surface area contributed by atoms with Crippen molar-refractivity contribution in [3.05, 3.63) is 50.9 Å². The molecule has 0 saturated carbocycles. The van der Waals surface area contributed by atoms with Gasteiger partial charge in [0.15, 0.2) is 0 Å². The molecule has 4 rings (SSSR count). The van der Waals surface area contributed by atoms with Crippen molar-refractivity contribution >= 4 is 65.1 Å². The van der Waals surface area contributed by atoms with Gasteiger partial charge in [0.25, 0.3) is 0 Å². The lowest BCUT2D eigenvalue weighted by atomic mass is 9.98. The smallest absolute Gasteiger partial charge is 0.245 e. The first-order valence-electron chi connectivity index (χ1n) is 11.3. The van der Waals surface area contributed by atoms with E-state index in [0.29, 0.717) is 48.9 Å². The molecule has 1 fully saturated rings. The largest absolute Gasteiger partial charge is 0.315 e. The van der Waals surface area contributed by atoms with Crippen LogP contribution >= 0.6 is 31.9 Å². The maximum Gasteiger partial charge on any atom is 0.245 e. The third-order valence-corrected chi connectivity index (χ3v) is 9.36. The summed E-state index contributed by atoms with van der Waals surface area (Å²) in [6, 6.07) is 10.9. The predicted octanol–water partition coefficient (Wildman–Crippen LogP) is 4.57. The van der Waals surface area contributed by atoms with Gasteiger partial charge in [0.1, 0.15) is 4.90 Å². The lowest BCUT2D eigenvalue weighted by Crippen LogP contribution is -2.46. The Hall–Kier alpha value is -1.75. The van der Waals surface area contributed by atoms with E-state index in [9.17, 15) is 18.0 Å². The summed E-state index contributed by atoms with van der Waals surface area (Å²) in [6.07, 6.45) is 2.14. The van der Waals surface area contributed by atoms with Gasteiger partial charge in [-0.05, 0) is 61.2 Å². The number of fused-ring (bicyclic) bond motifs is 1. The van der Waals surface area contributed by atoms with Crippen molar-refractivity contribution in [3.8, 4) is 0 Å². The number of carbonyl (C=O) groups is 2. The molecule has 0 N–H and O–H groups in total. The Labute approximate surface area is 217 Å². The van der Waals surface area contributed by atoms with Gasteiger partial charge >= 0.3 is 0 Å². The number of hydrogen-bond acceptors (Lipinski definition) is 4. The molecule has 0 aliphatic carbocycles. The summed E-state index contributed by atoms with van der Waals surface area (Å²) < 4.78 is 30.7. The van der Waals surface area contributed by atoms with Gasteiger partial charge in [-0.25, -0.2) is 8.42 Å². The zero-order chi connectivity index (χ0) is 24.6. The maximum atomic E-state index is 13.8. The molecule has 2 aliphatic rings. The Balaban J connectivity index is 1.62. The summed E-state index contributed by atoms with van der Waals surface area (Å²) in [5.74, 6) is -0.643. The van der Waals surface area contributed by atoms with Crippen LogP contribution in [0.15, 0.2) is 50.2 Å². The number of halogens is 2. The van der Waals surface area contributed by atoms with Crippen molar-refractivity contribution in [1.29, 1.82) is 0 Å². The second-order valence-corrected chi connectivity index (χ2v) is 12.4. The van der Waals surface area contributed by atoms with E-state index in [-0.39, 0.29) is 23.3 Å². The Bertz CT molecular complexity index is 1220. The van der Waals surface area contributed by atoms with Crippen molar-refractivity contribution < 1.29 is 18.0 Å². The van der Waals surface area contributed by atoms with Crippen LogP contribution in [-0.4, -0.2) is 51.2 Å². The van der Waals surface area contributed by atoms with Crippen molar-refractivity contribution in [2.75, 3.05) is 36.5 Å². The Kier molecular flexibility index (Phi) is 7.52. The molecule has 7 nitrogen and oxygen atoms in total. The summed E-state index contributed by atoms with van der Waals surface area (Å²) in [4.78, 5) is 29.1. The highest BCUT2D eigenvalue weighted by molar-refractivity contribution is 9.10. The van der Waals surface area contributed by atoms with Crippen LogP contribution < -0.4 is 9.80 Å². The van der Waals surface area contributed by atoms with Crippen LogP contribution in [0.3, 0.4) is 0 Å². The molecule has 2 aliphatic heterocycles. The number of anilines is 2. The average molecular weight is 613 g/mol. The maximum absolute atomic E-state index is 13.8. The molecular weight excluding hydrogens is 586 g/mol. The molecule has 1 atom stereocenters. The zero-order valence-corrected chi connectivity index (χ0v) is 23.1. The molecule has 2 heterocycles. The average Bonchev–Trinajstić information content (AvgIpc) is 3.26. The highest BCUT2D eigenvalue weighted by Crippen LogP contribution is 2.40. The predicted molar refractivity (Wildman–Crippen MR) is 140 cm³/mol. The topological polar surface area (TPSA) is 78.0 Å². The van der Waals surface area contributed by atoms with Gasteiger partial charge in [-0.1, -0.05) is 38.8 Å². The Morgan fingerprint density at radius 2 is 1.79 bits per heavy atom. The fourth-order valence-corrected chi connectivity index (χ4v) is 7.38. The van der Waals surface area contributed by atoms with E-state index in [1.54, 1.807) is 29.8 Å². The van der Waals surface area contributed by atoms with Gasteiger partial charge in [-0.3, -0.25) is 9.59 Å². The van der Waals surface area contributed by atoms with Crippen molar-refractivity contribution in [2.45, 2.75) is 37.5 Å². The van der Waals surface area contributed by atoms with Crippen LogP contribution in [0.25, 0.3) is 0 Å². The summed E-state index contributed by atoms with van der Waals surface area (Å²) in [5, 5.41) is 0. The molecular formula is C24H27Br2N3O4S. The summed E-state index contributed by atoms with van der Waals surface area (Å²) >= 11 is 6.84. The van der Waals surface area contributed by atoms with E-state index >= 15 is 0 Å². The van der Waals surface area contributed by atoms with E-state index in [0.717, 1.165) is 15.7 Å². The fraction of sp³-hybridized carbons (Fsp3) is 0.417. The lowest BCUT2D eigenvalue weighted by Gasteiger charge is -2.34. The van der Waals surface area contributed by atoms with E-state index in [1.807, 2.05) is 30.3 Å². The lowest BCUT2D eigenvalue weighted by molar-refractivity contribution is -0.123. The van der Waals surface area contributed by atoms with Gasteiger partial charge in [-0.15, -0.1) is 0 Å². The molecule has 0 spiro atoms. The number of amides is 2. The van der Waals surface area contributed by atoms with Crippen LogP contribution in [0.1, 0.15) is 31.7 Å². The summed E-state index contributed by atoms with van der Waals surface area (Å²) in [7, 11) is -2.20. The molecule has 2 amide bonds. The van der Waals surface area contributed by atoms with Crippen molar-refractivity contribution in [3.63, 3.8) is 0 Å². The minimum atomic E-state index is -3.91. The van der Waals surface area contributed by atoms with Crippen LogP contribution in [0.2, 0.25) is 0 Å². The SMILES string of the molecule is CCC(=O)N1CCc2cc(Br)cc(S(=O)(=O)N3CCC[C@H](C(=O)N(C)c4ccc(Br)cc4)C3)c21. The third-order valence-electron chi connectivity index (χ3n) is 6.49. The molecule has 2 aromatic rings. The highest BCUT2D eigenvalue weighted by Gasteiger charge is 2.39. The first kappa shape index (κ1) is 25.3. The molecule has 182 valence electrons.